The van der Waals surface area contributed by atoms with Gasteiger partial charge in [-0.15, -0.1) is 0 Å². The second kappa shape index (κ2) is 5.01. The number of hydrogen-bond acceptors (Lipinski definition) is 2. The smallest absolute Gasteiger partial charge is 0.168 e. The Labute approximate surface area is 103 Å². The lowest BCUT2D eigenvalue weighted by Gasteiger charge is -2.22. The highest BCUT2D eigenvalue weighted by Crippen LogP contribution is 2.23. The zero-order valence-electron chi connectivity index (χ0n) is 10.9. The van der Waals surface area contributed by atoms with Crippen LogP contribution in [0.3, 0.4) is 0 Å². The normalized spacial score (nSPS) is 20.3. The summed E-state index contributed by atoms with van der Waals surface area (Å²) < 4.78 is 5.40. The van der Waals surface area contributed by atoms with Gasteiger partial charge in [0.15, 0.2) is 5.78 Å². The summed E-state index contributed by atoms with van der Waals surface area (Å²) in [4.78, 5) is 12.4. The van der Waals surface area contributed by atoms with E-state index in [1.165, 1.54) is 11.1 Å². The molecule has 0 bridgehead atoms. The third-order valence-electron chi connectivity index (χ3n) is 3.64. The minimum Gasteiger partial charge on any atom is -0.381 e. The van der Waals surface area contributed by atoms with Gasteiger partial charge in [0.1, 0.15) is 0 Å². The number of ketones is 1. The predicted molar refractivity (Wildman–Crippen MR) is 68.5 cm³/mol. The average Bonchev–Trinajstić information content (AvgIpc) is 2.34. The molecule has 0 saturated carbocycles. The van der Waals surface area contributed by atoms with Crippen molar-refractivity contribution in [3.8, 4) is 0 Å². The van der Waals surface area contributed by atoms with Crippen LogP contribution in [0.2, 0.25) is 0 Å². The molecule has 2 rings (SSSR count). The summed E-state index contributed by atoms with van der Waals surface area (Å²) in [6, 6.07) is 4.13. The van der Waals surface area contributed by atoms with Crippen molar-refractivity contribution in [2.75, 3.05) is 13.2 Å². The SMILES string of the molecule is Cc1cc(C)c(C(=O)C2CCCOC2)cc1C. The highest BCUT2D eigenvalue weighted by atomic mass is 16.5. The summed E-state index contributed by atoms with van der Waals surface area (Å²) in [6.07, 6.45) is 1.96. The maximum atomic E-state index is 12.4. The molecule has 0 amide bonds. The van der Waals surface area contributed by atoms with Crippen molar-refractivity contribution in [3.63, 3.8) is 0 Å². The minimum atomic E-state index is 0.0598. The summed E-state index contributed by atoms with van der Waals surface area (Å²) in [5, 5.41) is 0. The van der Waals surface area contributed by atoms with Crippen LogP contribution in [0.15, 0.2) is 12.1 Å². The van der Waals surface area contributed by atoms with E-state index in [0.29, 0.717) is 6.61 Å². The van der Waals surface area contributed by atoms with Crippen molar-refractivity contribution >= 4 is 5.78 Å². The summed E-state index contributed by atoms with van der Waals surface area (Å²) in [5.74, 6) is 0.315. The van der Waals surface area contributed by atoms with Crippen LogP contribution in [0.1, 0.15) is 39.9 Å². The van der Waals surface area contributed by atoms with Crippen LogP contribution in [0.4, 0.5) is 0 Å². The molecule has 2 heteroatoms. The van der Waals surface area contributed by atoms with E-state index in [1.54, 1.807) is 0 Å². The zero-order valence-corrected chi connectivity index (χ0v) is 10.9. The molecule has 0 N–H and O–H groups in total. The van der Waals surface area contributed by atoms with Crippen LogP contribution >= 0.6 is 0 Å². The fourth-order valence-corrected chi connectivity index (χ4v) is 2.39. The number of carbonyl (C=O) groups is 1. The molecule has 0 aromatic heterocycles. The zero-order chi connectivity index (χ0) is 12.4. The number of ether oxygens (including phenoxy) is 1. The third-order valence-corrected chi connectivity index (χ3v) is 3.64. The van der Waals surface area contributed by atoms with Gasteiger partial charge in [0, 0.05) is 18.1 Å². The van der Waals surface area contributed by atoms with Crippen molar-refractivity contribution in [3.05, 3.63) is 34.4 Å². The lowest BCUT2D eigenvalue weighted by atomic mass is 9.89. The van der Waals surface area contributed by atoms with Gasteiger partial charge in [0.2, 0.25) is 0 Å². The van der Waals surface area contributed by atoms with Crippen molar-refractivity contribution in [1.29, 1.82) is 0 Å². The fraction of sp³-hybridized carbons (Fsp3) is 0.533. The van der Waals surface area contributed by atoms with Crippen molar-refractivity contribution in [2.45, 2.75) is 33.6 Å². The Bertz CT molecular complexity index is 429. The van der Waals surface area contributed by atoms with Gasteiger partial charge in [-0.25, -0.2) is 0 Å². The Hall–Kier alpha value is -1.15. The van der Waals surface area contributed by atoms with Gasteiger partial charge in [0.25, 0.3) is 0 Å². The van der Waals surface area contributed by atoms with Crippen LogP contribution < -0.4 is 0 Å². The fourth-order valence-electron chi connectivity index (χ4n) is 2.39. The minimum absolute atomic E-state index is 0.0598. The van der Waals surface area contributed by atoms with E-state index in [1.807, 2.05) is 13.0 Å². The summed E-state index contributed by atoms with van der Waals surface area (Å²) in [5.41, 5.74) is 4.40. The van der Waals surface area contributed by atoms with E-state index < -0.39 is 0 Å². The van der Waals surface area contributed by atoms with Gasteiger partial charge in [-0.2, -0.15) is 0 Å². The van der Waals surface area contributed by atoms with E-state index in [-0.39, 0.29) is 11.7 Å². The van der Waals surface area contributed by atoms with Crippen LogP contribution in [0.25, 0.3) is 0 Å². The second-order valence-electron chi connectivity index (χ2n) is 5.03. The monoisotopic (exact) mass is 232 g/mol. The van der Waals surface area contributed by atoms with E-state index >= 15 is 0 Å². The maximum absolute atomic E-state index is 12.4. The van der Waals surface area contributed by atoms with E-state index in [2.05, 4.69) is 19.9 Å². The maximum Gasteiger partial charge on any atom is 0.168 e. The second-order valence-corrected chi connectivity index (χ2v) is 5.03. The number of benzene rings is 1. The highest BCUT2D eigenvalue weighted by molar-refractivity contribution is 5.99. The van der Waals surface area contributed by atoms with Gasteiger partial charge in [-0.05, 0) is 56.4 Å². The van der Waals surface area contributed by atoms with Gasteiger partial charge in [-0.1, -0.05) is 6.07 Å². The molecular formula is C15H20O2. The van der Waals surface area contributed by atoms with E-state index in [0.717, 1.165) is 30.6 Å². The number of hydrogen-bond donors (Lipinski definition) is 0. The first-order valence-corrected chi connectivity index (χ1v) is 6.29. The van der Waals surface area contributed by atoms with E-state index in [4.69, 9.17) is 4.74 Å². The molecule has 92 valence electrons. The quantitative estimate of drug-likeness (QED) is 0.732. The Morgan fingerprint density at radius 2 is 1.88 bits per heavy atom. The Morgan fingerprint density at radius 3 is 2.53 bits per heavy atom. The molecule has 1 aromatic carbocycles. The van der Waals surface area contributed by atoms with Crippen LogP contribution in [-0.4, -0.2) is 19.0 Å². The Morgan fingerprint density at radius 1 is 1.18 bits per heavy atom. The molecule has 1 heterocycles. The first-order valence-electron chi connectivity index (χ1n) is 6.29. The molecule has 1 aliphatic rings. The third kappa shape index (κ3) is 2.58. The van der Waals surface area contributed by atoms with Gasteiger partial charge >= 0.3 is 0 Å². The lowest BCUT2D eigenvalue weighted by Crippen LogP contribution is -2.26. The first kappa shape index (κ1) is 12.3. The molecule has 17 heavy (non-hydrogen) atoms. The molecule has 0 spiro atoms. The molecule has 2 nitrogen and oxygen atoms in total. The molecule has 1 aromatic rings. The summed E-state index contributed by atoms with van der Waals surface area (Å²) >= 11 is 0. The lowest BCUT2D eigenvalue weighted by molar-refractivity contribution is 0.0461. The topological polar surface area (TPSA) is 26.3 Å². The molecular weight excluding hydrogens is 212 g/mol. The molecule has 1 fully saturated rings. The van der Waals surface area contributed by atoms with Gasteiger partial charge in [-0.3, -0.25) is 4.79 Å². The number of carbonyl (C=O) groups excluding carboxylic acids is 1. The number of aryl methyl sites for hydroxylation is 3. The van der Waals surface area contributed by atoms with Crippen molar-refractivity contribution in [2.24, 2.45) is 5.92 Å². The molecule has 1 saturated heterocycles. The predicted octanol–water partition coefficient (Wildman–Crippen LogP) is 3.22. The van der Waals surface area contributed by atoms with Crippen LogP contribution in [0.5, 0.6) is 0 Å². The number of Topliss-reactive ketones (excluding diaryl/α,β-unsaturated/α-hetero) is 1. The molecule has 0 aliphatic carbocycles. The van der Waals surface area contributed by atoms with Crippen LogP contribution in [0, 0.1) is 26.7 Å². The summed E-state index contributed by atoms with van der Waals surface area (Å²) in [7, 11) is 0. The van der Waals surface area contributed by atoms with Gasteiger partial charge in [0.05, 0.1) is 6.61 Å². The van der Waals surface area contributed by atoms with Gasteiger partial charge < -0.3 is 4.74 Å². The molecule has 1 aliphatic heterocycles. The first-order chi connectivity index (χ1) is 8.09. The Balaban J connectivity index is 2.26. The molecule has 1 atom stereocenters. The Kier molecular flexibility index (Phi) is 3.63. The number of rotatable bonds is 2. The largest absolute Gasteiger partial charge is 0.381 e. The standard InChI is InChI=1S/C15H20O2/c1-10-7-12(3)14(8-11(10)2)15(16)13-5-4-6-17-9-13/h7-8,13H,4-6,9H2,1-3H3. The van der Waals surface area contributed by atoms with Crippen molar-refractivity contribution in [1.82, 2.24) is 0 Å². The van der Waals surface area contributed by atoms with Crippen molar-refractivity contribution < 1.29 is 9.53 Å². The van der Waals surface area contributed by atoms with Crippen LogP contribution in [-0.2, 0) is 4.74 Å². The molecule has 1 unspecified atom stereocenters. The average molecular weight is 232 g/mol. The molecule has 0 radical (unpaired) electrons. The summed E-state index contributed by atoms with van der Waals surface area (Å²) in [6.45, 7) is 7.55. The highest BCUT2D eigenvalue weighted by Gasteiger charge is 2.24. The van der Waals surface area contributed by atoms with E-state index in [9.17, 15) is 4.79 Å².